The first kappa shape index (κ1) is 18.9. The molecule has 5 heteroatoms. The van der Waals surface area contributed by atoms with Crippen molar-refractivity contribution >= 4 is 11.9 Å². The van der Waals surface area contributed by atoms with Crippen LogP contribution in [0.5, 0.6) is 0 Å². The van der Waals surface area contributed by atoms with Crippen LogP contribution >= 0.6 is 0 Å². The minimum atomic E-state index is -1.22. The molecule has 1 saturated carbocycles. The maximum Gasteiger partial charge on any atom is 0.314 e. The second-order valence-corrected chi connectivity index (χ2v) is 8.28. The van der Waals surface area contributed by atoms with Gasteiger partial charge in [0.05, 0.1) is 12.5 Å². The van der Waals surface area contributed by atoms with Crippen LogP contribution in [0.15, 0.2) is 12.1 Å². The quantitative estimate of drug-likeness (QED) is 0.847. The number of carboxylic acids is 1. The van der Waals surface area contributed by atoms with Gasteiger partial charge in [-0.15, -0.1) is 0 Å². The van der Waals surface area contributed by atoms with Crippen LogP contribution in [0.1, 0.15) is 47.9 Å². The highest BCUT2D eigenvalue weighted by Crippen LogP contribution is 2.45. The van der Waals surface area contributed by atoms with Gasteiger partial charge in [-0.25, -0.2) is 0 Å². The fraction of sp³-hybridized carbons (Fsp3) is 0.619. The number of amides is 1. The molecule has 2 aliphatic rings. The Morgan fingerprint density at radius 1 is 1.15 bits per heavy atom. The minimum absolute atomic E-state index is 0.0478. The number of aliphatic hydroxyl groups excluding tert-OH is 1. The van der Waals surface area contributed by atoms with Gasteiger partial charge < -0.3 is 15.1 Å². The summed E-state index contributed by atoms with van der Waals surface area (Å²) in [6.45, 7) is 6.59. The van der Waals surface area contributed by atoms with E-state index < -0.39 is 17.5 Å². The lowest BCUT2D eigenvalue weighted by atomic mass is 9.73. The molecule has 1 aromatic carbocycles. The summed E-state index contributed by atoms with van der Waals surface area (Å²) in [6, 6.07) is 4.15. The summed E-state index contributed by atoms with van der Waals surface area (Å²) in [5.74, 6) is -0.650. The molecule has 1 aromatic rings. The van der Waals surface area contributed by atoms with Crippen molar-refractivity contribution in [2.45, 2.75) is 59.0 Å². The number of likely N-dealkylation sites (tertiary alicyclic amines) is 1. The van der Waals surface area contributed by atoms with Crippen molar-refractivity contribution in [3.05, 3.63) is 34.4 Å². The molecule has 0 radical (unpaired) electrons. The number of hydrogen-bond acceptors (Lipinski definition) is 3. The number of aliphatic hydroxyl groups is 1. The van der Waals surface area contributed by atoms with Crippen molar-refractivity contribution in [3.8, 4) is 0 Å². The van der Waals surface area contributed by atoms with Gasteiger partial charge in [-0.3, -0.25) is 9.59 Å². The normalized spacial score (nSPS) is 26.0. The maximum absolute atomic E-state index is 12.9. The average molecular weight is 359 g/mol. The van der Waals surface area contributed by atoms with Crippen LogP contribution in [0, 0.1) is 32.1 Å². The Hall–Kier alpha value is -1.88. The van der Waals surface area contributed by atoms with E-state index in [1.165, 1.54) is 5.56 Å². The Morgan fingerprint density at radius 3 is 2.31 bits per heavy atom. The van der Waals surface area contributed by atoms with Crippen LogP contribution in [0.2, 0.25) is 0 Å². The highest BCUT2D eigenvalue weighted by molar-refractivity contribution is 5.82. The smallest absolute Gasteiger partial charge is 0.314 e. The molecule has 0 bridgehead atoms. The van der Waals surface area contributed by atoms with Crippen molar-refractivity contribution in [1.29, 1.82) is 0 Å². The summed E-state index contributed by atoms with van der Waals surface area (Å²) in [5, 5.41) is 20.3. The molecule has 2 fully saturated rings. The van der Waals surface area contributed by atoms with E-state index in [0.717, 1.165) is 29.5 Å². The van der Waals surface area contributed by atoms with Gasteiger partial charge in [-0.05, 0) is 56.2 Å². The monoisotopic (exact) mass is 359 g/mol. The first-order chi connectivity index (χ1) is 12.2. The Kier molecular flexibility index (Phi) is 5.11. The standard InChI is InChI=1S/C21H29NO4/c1-13-8-14(2)17(15(3)9-13)10-19(24)22-7-6-18(23)21(12-22,20(25)26)11-16-4-5-16/h8-9,16,18,23H,4-7,10-12H2,1-3H3,(H,25,26)/t18-,21-/m1/s1. The van der Waals surface area contributed by atoms with Crippen LogP contribution < -0.4 is 0 Å². The maximum atomic E-state index is 12.9. The van der Waals surface area contributed by atoms with Gasteiger partial charge in [0, 0.05) is 13.1 Å². The topological polar surface area (TPSA) is 77.8 Å². The predicted molar refractivity (Wildman–Crippen MR) is 99.0 cm³/mol. The van der Waals surface area contributed by atoms with E-state index in [0.29, 0.717) is 25.3 Å². The van der Waals surface area contributed by atoms with E-state index in [2.05, 4.69) is 12.1 Å². The number of carboxylic acid groups (broad SMARTS) is 1. The minimum Gasteiger partial charge on any atom is -0.481 e. The Bertz CT molecular complexity index is 702. The molecule has 3 rings (SSSR count). The van der Waals surface area contributed by atoms with Crippen LogP contribution in [0.4, 0.5) is 0 Å². The van der Waals surface area contributed by atoms with E-state index >= 15 is 0 Å². The molecule has 5 nitrogen and oxygen atoms in total. The van der Waals surface area contributed by atoms with E-state index in [1.54, 1.807) is 4.90 Å². The summed E-state index contributed by atoms with van der Waals surface area (Å²) >= 11 is 0. The van der Waals surface area contributed by atoms with Crippen molar-refractivity contribution in [2.24, 2.45) is 11.3 Å². The van der Waals surface area contributed by atoms with E-state index in [4.69, 9.17) is 0 Å². The fourth-order valence-corrected chi connectivity index (χ4v) is 4.38. The van der Waals surface area contributed by atoms with Gasteiger partial charge in [0.25, 0.3) is 0 Å². The first-order valence-electron chi connectivity index (χ1n) is 9.49. The lowest BCUT2D eigenvalue weighted by Gasteiger charge is -2.43. The van der Waals surface area contributed by atoms with Crippen molar-refractivity contribution in [1.82, 2.24) is 4.90 Å². The van der Waals surface area contributed by atoms with Crippen molar-refractivity contribution in [3.63, 3.8) is 0 Å². The second-order valence-electron chi connectivity index (χ2n) is 8.28. The number of benzene rings is 1. The molecular weight excluding hydrogens is 330 g/mol. The summed E-state index contributed by atoms with van der Waals surface area (Å²) in [5.41, 5.74) is 3.17. The number of nitrogens with zero attached hydrogens (tertiary/aromatic N) is 1. The second kappa shape index (κ2) is 7.03. The molecular formula is C21H29NO4. The fourth-order valence-electron chi connectivity index (χ4n) is 4.38. The molecule has 26 heavy (non-hydrogen) atoms. The lowest BCUT2D eigenvalue weighted by Crippen LogP contribution is -2.57. The molecule has 1 heterocycles. The first-order valence-corrected chi connectivity index (χ1v) is 9.49. The van der Waals surface area contributed by atoms with Gasteiger partial charge in [0.2, 0.25) is 5.91 Å². The van der Waals surface area contributed by atoms with E-state index in [9.17, 15) is 19.8 Å². The molecule has 2 N–H and O–H groups in total. The van der Waals surface area contributed by atoms with Crippen LogP contribution in [-0.4, -0.2) is 46.2 Å². The summed E-state index contributed by atoms with van der Waals surface area (Å²) in [7, 11) is 0. The Balaban J connectivity index is 1.78. The molecule has 1 saturated heterocycles. The number of carbonyl (C=O) groups is 2. The number of aliphatic carboxylic acids is 1. The van der Waals surface area contributed by atoms with Crippen molar-refractivity contribution < 1.29 is 19.8 Å². The summed E-state index contributed by atoms with van der Waals surface area (Å²) in [6.07, 6.45) is 2.25. The molecule has 0 unspecified atom stereocenters. The number of piperidine rings is 1. The van der Waals surface area contributed by atoms with Gasteiger partial charge in [0.1, 0.15) is 5.41 Å². The summed E-state index contributed by atoms with van der Waals surface area (Å²) in [4.78, 5) is 26.6. The summed E-state index contributed by atoms with van der Waals surface area (Å²) < 4.78 is 0. The Labute approximate surface area is 155 Å². The third-order valence-corrected chi connectivity index (χ3v) is 6.08. The van der Waals surface area contributed by atoms with Gasteiger partial charge in [0.15, 0.2) is 0 Å². The molecule has 142 valence electrons. The third kappa shape index (κ3) is 3.63. The lowest BCUT2D eigenvalue weighted by molar-refractivity contribution is -0.167. The van der Waals surface area contributed by atoms with Crippen molar-refractivity contribution in [2.75, 3.05) is 13.1 Å². The predicted octanol–water partition coefficient (Wildman–Crippen LogP) is 2.62. The molecule has 0 spiro atoms. The van der Waals surface area contributed by atoms with Gasteiger partial charge in [-0.2, -0.15) is 0 Å². The van der Waals surface area contributed by atoms with Gasteiger partial charge >= 0.3 is 5.97 Å². The van der Waals surface area contributed by atoms with Crippen LogP contribution in [0.25, 0.3) is 0 Å². The molecule has 2 atom stereocenters. The SMILES string of the molecule is Cc1cc(C)c(CC(=O)N2CC[C@@H](O)[C@](CC3CC3)(C(=O)O)C2)c(C)c1. The zero-order valence-corrected chi connectivity index (χ0v) is 15.9. The highest BCUT2D eigenvalue weighted by atomic mass is 16.4. The number of rotatable bonds is 5. The third-order valence-electron chi connectivity index (χ3n) is 6.08. The zero-order valence-electron chi connectivity index (χ0n) is 15.9. The molecule has 1 amide bonds. The number of carbonyl (C=O) groups excluding carboxylic acids is 1. The molecule has 1 aliphatic heterocycles. The van der Waals surface area contributed by atoms with Gasteiger partial charge in [-0.1, -0.05) is 30.5 Å². The van der Waals surface area contributed by atoms with Crippen LogP contribution in [0.3, 0.4) is 0 Å². The van der Waals surface area contributed by atoms with Crippen LogP contribution in [-0.2, 0) is 16.0 Å². The van der Waals surface area contributed by atoms with E-state index in [1.807, 2.05) is 20.8 Å². The highest BCUT2D eigenvalue weighted by Gasteiger charge is 2.52. The molecule has 1 aliphatic carbocycles. The largest absolute Gasteiger partial charge is 0.481 e. The van der Waals surface area contributed by atoms with E-state index in [-0.39, 0.29) is 18.9 Å². The zero-order chi connectivity index (χ0) is 19.1. The number of aryl methyl sites for hydroxylation is 3. The number of hydrogen-bond donors (Lipinski definition) is 2. The molecule has 0 aromatic heterocycles. The Morgan fingerprint density at radius 2 is 1.77 bits per heavy atom. The average Bonchev–Trinajstić information content (AvgIpc) is 3.36.